The lowest BCUT2D eigenvalue weighted by Gasteiger charge is -2.29. The first-order valence-electron chi connectivity index (χ1n) is 26.0. The molecule has 0 aromatic carbocycles. The van der Waals surface area contributed by atoms with Crippen LogP contribution >= 0.6 is 7.82 Å². The minimum absolute atomic E-state index is 0.0105. The molecular formula is C53H101N2O6P. The quantitative estimate of drug-likeness (QED) is 0.0273. The van der Waals surface area contributed by atoms with Crippen LogP contribution in [-0.2, 0) is 18.4 Å². The smallest absolute Gasteiger partial charge is 0.268 e. The standard InChI is InChI=1S/C53H101N2O6P/c1-6-8-10-12-14-16-18-20-22-24-25-26-27-28-29-31-33-35-37-39-41-43-45-47-53(57)54-51(50-61-62(58,59)60-49-48-55(3,4)5)52(56)46-44-42-40-38-36-34-32-30-23-21-19-17-15-13-11-9-7-2/h23,28-30,36,38,44,46,51-52,56H,6-22,24-27,31-35,37,39-43,45,47-50H2,1-5H3,(H-,54,57,58,59)/b29-28-,30-23+,38-36+,46-44+. The van der Waals surface area contributed by atoms with Crippen LogP contribution in [0.2, 0.25) is 0 Å². The number of hydrogen-bond donors (Lipinski definition) is 2. The molecule has 0 aromatic heterocycles. The maximum absolute atomic E-state index is 12.9. The Bertz CT molecular complexity index is 1150. The Morgan fingerprint density at radius 2 is 0.903 bits per heavy atom. The van der Waals surface area contributed by atoms with Crippen LogP contribution in [0, 0.1) is 0 Å². The van der Waals surface area contributed by atoms with Crippen molar-refractivity contribution in [1.29, 1.82) is 0 Å². The summed E-state index contributed by atoms with van der Waals surface area (Å²) in [6.07, 6.45) is 57.5. The van der Waals surface area contributed by atoms with Crippen molar-refractivity contribution in [3.8, 4) is 0 Å². The molecule has 0 fully saturated rings. The Morgan fingerprint density at radius 3 is 1.31 bits per heavy atom. The van der Waals surface area contributed by atoms with Gasteiger partial charge in [0, 0.05) is 6.42 Å². The average Bonchev–Trinajstić information content (AvgIpc) is 3.23. The summed E-state index contributed by atoms with van der Waals surface area (Å²) in [5, 5.41) is 13.8. The first kappa shape index (κ1) is 60.5. The zero-order valence-electron chi connectivity index (χ0n) is 41.3. The highest BCUT2D eigenvalue weighted by molar-refractivity contribution is 7.45. The number of phosphoric acid groups is 1. The number of hydrogen-bond acceptors (Lipinski definition) is 6. The Balaban J connectivity index is 4.34. The molecule has 0 rings (SSSR count). The molecule has 0 aliphatic rings. The number of aliphatic hydroxyl groups excluding tert-OH is 1. The number of quaternary nitrogens is 1. The van der Waals surface area contributed by atoms with Crippen LogP contribution in [0.25, 0.3) is 0 Å². The summed E-state index contributed by atoms with van der Waals surface area (Å²) in [6.45, 7) is 4.62. The molecule has 0 spiro atoms. The molecule has 0 aromatic rings. The summed E-state index contributed by atoms with van der Waals surface area (Å²) < 4.78 is 23.3. The highest BCUT2D eigenvalue weighted by atomic mass is 31.2. The summed E-state index contributed by atoms with van der Waals surface area (Å²) in [4.78, 5) is 25.4. The third kappa shape index (κ3) is 46.5. The first-order valence-corrected chi connectivity index (χ1v) is 27.5. The van der Waals surface area contributed by atoms with E-state index in [1.807, 2.05) is 27.2 Å². The minimum Gasteiger partial charge on any atom is -0.756 e. The Kier molecular flexibility index (Phi) is 43.5. The largest absolute Gasteiger partial charge is 0.756 e. The van der Waals surface area contributed by atoms with E-state index < -0.39 is 26.6 Å². The van der Waals surface area contributed by atoms with Crippen LogP contribution < -0.4 is 10.2 Å². The van der Waals surface area contributed by atoms with E-state index >= 15 is 0 Å². The van der Waals surface area contributed by atoms with Gasteiger partial charge in [-0.2, -0.15) is 0 Å². The third-order valence-corrected chi connectivity index (χ3v) is 12.5. The average molecular weight is 893 g/mol. The fourth-order valence-electron chi connectivity index (χ4n) is 7.36. The molecule has 9 heteroatoms. The number of allylic oxidation sites excluding steroid dienone is 7. The molecule has 3 atom stereocenters. The number of phosphoric ester groups is 1. The molecule has 0 saturated carbocycles. The van der Waals surface area contributed by atoms with E-state index in [-0.39, 0.29) is 12.5 Å². The minimum atomic E-state index is -4.61. The van der Waals surface area contributed by atoms with Crippen molar-refractivity contribution in [3.05, 3.63) is 48.6 Å². The van der Waals surface area contributed by atoms with E-state index in [4.69, 9.17) is 9.05 Å². The molecule has 62 heavy (non-hydrogen) atoms. The van der Waals surface area contributed by atoms with Crippen molar-refractivity contribution >= 4 is 13.7 Å². The van der Waals surface area contributed by atoms with Gasteiger partial charge in [-0.1, -0.05) is 204 Å². The highest BCUT2D eigenvalue weighted by Crippen LogP contribution is 2.38. The fraction of sp³-hybridized carbons (Fsp3) is 0.830. The van der Waals surface area contributed by atoms with Crippen molar-refractivity contribution in [2.24, 2.45) is 0 Å². The summed E-state index contributed by atoms with van der Waals surface area (Å²) >= 11 is 0. The fourth-order valence-corrected chi connectivity index (χ4v) is 8.08. The predicted molar refractivity (Wildman–Crippen MR) is 265 cm³/mol. The van der Waals surface area contributed by atoms with E-state index in [2.05, 4.69) is 55.6 Å². The molecule has 3 unspecified atom stereocenters. The number of unbranched alkanes of at least 4 members (excludes halogenated alkanes) is 28. The van der Waals surface area contributed by atoms with E-state index in [0.29, 0.717) is 17.4 Å². The molecular weight excluding hydrogens is 792 g/mol. The molecule has 364 valence electrons. The zero-order chi connectivity index (χ0) is 45.7. The maximum Gasteiger partial charge on any atom is 0.268 e. The summed E-state index contributed by atoms with van der Waals surface area (Å²) in [5.41, 5.74) is 0. The summed E-state index contributed by atoms with van der Waals surface area (Å²) in [5.74, 6) is -0.215. The van der Waals surface area contributed by atoms with Gasteiger partial charge < -0.3 is 28.8 Å². The van der Waals surface area contributed by atoms with Crippen molar-refractivity contribution in [3.63, 3.8) is 0 Å². The second-order valence-electron chi connectivity index (χ2n) is 18.9. The van der Waals surface area contributed by atoms with Gasteiger partial charge >= 0.3 is 0 Å². The summed E-state index contributed by atoms with van der Waals surface area (Å²) in [7, 11) is 1.23. The Labute approximate surface area is 384 Å². The van der Waals surface area contributed by atoms with Gasteiger partial charge in [-0.15, -0.1) is 0 Å². The summed E-state index contributed by atoms with van der Waals surface area (Å²) in [6, 6.07) is -0.912. The highest BCUT2D eigenvalue weighted by Gasteiger charge is 2.23. The van der Waals surface area contributed by atoms with Crippen LogP contribution in [0.5, 0.6) is 0 Å². The number of nitrogens with zero attached hydrogens (tertiary/aromatic N) is 1. The van der Waals surface area contributed by atoms with Crippen LogP contribution in [0.15, 0.2) is 48.6 Å². The third-order valence-electron chi connectivity index (χ3n) is 11.5. The van der Waals surface area contributed by atoms with Crippen LogP contribution in [0.1, 0.15) is 232 Å². The van der Waals surface area contributed by atoms with Gasteiger partial charge in [0.15, 0.2) is 0 Å². The monoisotopic (exact) mass is 893 g/mol. The van der Waals surface area contributed by atoms with Crippen LogP contribution in [0.3, 0.4) is 0 Å². The molecule has 0 aliphatic carbocycles. The number of carbonyl (C=O) groups is 1. The van der Waals surface area contributed by atoms with Crippen LogP contribution in [-0.4, -0.2) is 68.5 Å². The second kappa shape index (κ2) is 44.7. The first-order chi connectivity index (χ1) is 30.0. The second-order valence-corrected chi connectivity index (χ2v) is 20.3. The molecule has 0 heterocycles. The zero-order valence-corrected chi connectivity index (χ0v) is 42.2. The van der Waals surface area contributed by atoms with Crippen molar-refractivity contribution in [1.82, 2.24) is 5.32 Å². The van der Waals surface area contributed by atoms with Gasteiger partial charge in [0.05, 0.1) is 39.9 Å². The van der Waals surface area contributed by atoms with E-state index in [9.17, 15) is 19.4 Å². The van der Waals surface area contributed by atoms with Crippen molar-refractivity contribution in [2.45, 2.75) is 244 Å². The number of carbonyl (C=O) groups excluding carboxylic acids is 1. The van der Waals surface area contributed by atoms with E-state index in [0.717, 1.165) is 44.9 Å². The maximum atomic E-state index is 12.9. The Hall–Kier alpha value is -1.54. The number of aliphatic hydroxyl groups is 1. The van der Waals surface area contributed by atoms with Gasteiger partial charge in [0.2, 0.25) is 5.91 Å². The molecule has 0 radical (unpaired) electrons. The number of rotatable bonds is 47. The molecule has 0 saturated heterocycles. The molecule has 0 aliphatic heterocycles. The molecule has 8 nitrogen and oxygen atoms in total. The van der Waals surface area contributed by atoms with Crippen molar-refractivity contribution < 1.29 is 32.9 Å². The molecule has 1 amide bonds. The SMILES string of the molecule is CCCCCCCCC/C=C/CC/C=C/CC/C=C/C(O)C(COP(=O)([O-])OCC[N+](C)(C)C)NC(=O)CCCCCCCCC/C=C\CCCCCCCCCCCCCC. The lowest BCUT2D eigenvalue weighted by molar-refractivity contribution is -0.870. The van der Waals surface area contributed by atoms with Gasteiger partial charge in [-0.25, -0.2) is 0 Å². The van der Waals surface area contributed by atoms with Gasteiger partial charge in [0.1, 0.15) is 13.2 Å². The van der Waals surface area contributed by atoms with Crippen LogP contribution in [0.4, 0.5) is 0 Å². The number of likely N-dealkylation sites (N-methyl/N-ethyl adjacent to an activating group) is 1. The Morgan fingerprint density at radius 1 is 0.548 bits per heavy atom. The van der Waals surface area contributed by atoms with Gasteiger partial charge in [-0.05, 0) is 70.6 Å². The molecule has 0 bridgehead atoms. The number of amides is 1. The lowest BCUT2D eigenvalue weighted by Crippen LogP contribution is -2.45. The predicted octanol–water partition coefficient (Wildman–Crippen LogP) is 14.6. The lowest BCUT2D eigenvalue weighted by atomic mass is 10.0. The van der Waals surface area contributed by atoms with E-state index in [1.165, 1.54) is 167 Å². The topological polar surface area (TPSA) is 108 Å². The number of nitrogens with one attached hydrogen (secondary N) is 1. The van der Waals surface area contributed by atoms with Crippen molar-refractivity contribution in [2.75, 3.05) is 40.9 Å². The normalized spacial score (nSPS) is 14.5. The van der Waals surface area contributed by atoms with Gasteiger partial charge in [-0.3, -0.25) is 9.36 Å². The van der Waals surface area contributed by atoms with E-state index in [1.54, 1.807) is 6.08 Å². The van der Waals surface area contributed by atoms with Gasteiger partial charge in [0.25, 0.3) is 7.82 Å². The molecule has 2 N–H and O–H groups in total.